The molecule has 0 saturated carbocycles. The molecule has 0 heterocycles. The fraction of sp³-hybridized carbons (Fsp3) is 0.722. The molecule has 323 valence electrons. The van der Waals surface area contributed by atoms with Crippen molar-refractivity contribution >= 4 is 15.9 Å². The summed E-state index contributed by atoms with van der Waals surface area (Å²) in [5, 5.41) is 2.43. The van der Waals surface area contributed by atoms with E-state index in [4.69, 9.17) is 4.99 Å². The van der Waals surface area contributed by atoms with Crippen molar-refractivity contribution in [3.8, 4) is 0 Å². The van der Waals surface area contributed by atoms with Gasteiger partial charge in [-0.15, -0.1) is 0 Å². The summed E-state index contributed by atoms with van der Waals surface area (Å²) in [5.74, 6) is 0. The van der Waals surface area contributed by atoms with Crippen LogP contribution in [0.3, 0.4) is 0 Å². The Hall–Kier alpha value is -1.66. The van der Waals surface area contributed by atoms with Crippen LogP contribution < -0.4 is 0 Å². The standard InChI is InChI=1S/C50H82N.2C2H5.Ni/c1-9-16-22-24-26-28-32-44-38-42(37-43(30-18-11-3)48(44)34-20-13-5)36-41(8)50(15-7)51-47-39-45(31-19-12-4)49(35-21-14-6)46(40-47)33-29-27-25-23-17-10-2;2*1-2;/h37-40H,9-35H2,1-8H3;2*1H2,2H3;. The van der Waals surface area contributed by atoms with E-state index in [0.717, 1.165) is 6.42 Å². The summed E-state index contributed by atoms with van der Waals surface area (Å²) < 4.78 is 1.62. The third-order valence-electron chi connectivity index (χ3n) is 12.0. The Morgan fingerprint density at radius 1 is 0.429 bits per heavy atom. The van der Waals surface area contributed by atoms with Crippen molar-refractivity contribution in [1.29, 1.82) is 0 Å². The predicted octanol–water partition coefficient (Wildman–Crippen LogP) is 18.3. The van der Waals surface area contributed by atoms with E-state index in [1.54, 1.807) is 37.9 Å². The van der Waals surface area contributed by atoms with Crippen LogP contribution in [0.4, 0.5) is 5.69 Å². The first-order valence-corrected chi connectivity index (χ1v) is 26.3. The Kier molecular flexibility index (Phi) is 28.2. The molecule has 0 amide bonds. The average molecular weight is 814 g/mol. The minimum absolute atomic E-state index is 0.0128. The van der Waals surface area contributed by atoms with E-state index in [9.17, 15) is 0 Å². The van der Waals surface area contributed by atoms with Gasteiger partial charge in [0.15, 0.2) is 0 Å². The zero-order valence-corrected chi connectivity index (χ0v) is 40.1. The summed E-state index contributed by atoms with van der Waals surface area (Å²) in [4.78, 5) is 5.70. The number of unbranched alkanes of at least 4 members (excludes halogenated alkanes) is 14. The van der Waals surface area contributed by atoms with Gasteiger partial charge < -0.3 is 0 Å². The fourth-order valence-corrected chi connectivity index (χ4v) is 10.9. The van der Waals surface area contributed by atoms with Gasteiger partial charge in [-0.2, -0.15) is 0 Å². The Morgan fingerprint density at radius 2 is 0.786 bits per heavy atom. The number of aliphatic imine (C=N–C) groups is 1. The van der Waals surface area contributed by atoms with Crippen LogP contribution in [-0.2, 0) is 51.9 Å². The zero-order valence-electron chi connectivity index (χ0n) is 39.1. The van der Waals surface area contributed by atoms with Gasteiger partial charge >= 0.3 is 337 Å². The fourth-order valence-electron chi connectivity index (χ4n) is 8.52. The van der Waals surface area contributed by atoms with Gasteiger partial charge in [0.25, 0.3) is 0 Å². The molecule has 0 fully saturated rings. The van der Waals surface area contributed by atoms with E-state index in [2.05, 4.69) is 93.5 Å². The SMILES string of the molecule is CCCCCCCCc1cc(N=C(CC)C(C)=[C](c2cc(CCCC)c(CCCC)c(CCCCCCCC)c2)[Ni]([CH2]C)[CH2]C)cc(CCCC)c1CCCC. The first-order chi connectivity index (χ1) is 27.4. The zero-order chi connectivity index (χ0) is 41.0. The van der Waals surface area contributed by atoms with Crippen LogP contribution in [-0.4, -0.2) is 5.71 Å². The van der Waals surface area contributed by atoms with Crippen LogP contribution in [0.5, 0.6) is 0 Å². The molecule has 0 aliphatic rings. The summed E-state index contributed by atoms with van der Waals surface area (Å²) in [6.07, 6.45) is 34.7. The molecule has 56 heavy (non-hydrogen) atoms. The molecule has 0 atom stereocenters. The molecule has 0 aliphatic carbocycles. The van der Waals surface area contributed by atoms with Gasteiger partial charge in [-0.05, 0) is 0 Å². The van der Waals surface area contributed by atoms with Gasteiger partial charge in [-0.1, -0.05) is 19.8 Å². The molecule has 0 unspecified atom stereocenters. The number of benzene rings is 2. The topological polar surface area (TPSA) is 12.4 Å². The van der Waals surface area contributed by atoms with E-state index in [0.29, 0.717) is 0 Å². The number of hydrogen-bond donors (Lipinski definition) is 0. The Balaban J connectivity index is 2.80. The third kappa shape index (κ3) is 17.7. The van der Waals surface area contributed by atoms with Crippen LogP contribution in [0.2, 0.25) is 10.8 Å². The molecule has 2 aromatic rings. The Morgan fingerprint density at radius 3 is 1.18 bits per heavy atom. The Bertz CT molecular complexity index is 1390. The van der Waals surface area contributed by atoms with Crippen molar-refractivity contribution in [1.82, 2.24) is 0 Å². The van der Waals surface area contributed by atoms with Crippen molar-refractivity contribution in [2.24, 2.45) is 4.99 Å². The third-order valence-corrected chi connectivity index (χ3v) is 15.0. The van der Waals surface area contributed by atoms with E-state index >= 15 is 0 Å². The van der Waals surface area contributed by atoms with Crippen molar-refractivity contribution in [2.45, 2.75) is 253 Å². The molecule has 2 heteroatoms. The van der Waals surface area contributed by atoms with E-state index in [1.165, 1.54) is 200 Å². The second kappa shape index (κ2) is 31.3. The normalized spacial score (nSPS) is 12.8. The summed E-state index contributed by atoms with van der Waals surface area (Å²) in [7, 11) is 0. The summed E-state index contributed by atoms with van der Waals surface area (Å²) >= 11 is 0.0128. The number of nitrogens with zero attached hydrogens (tertiary/aromatic N) is 1. The molecule has 0 aromatic heterocycles. The van der Waals surface area contributed by atoms with Gasteiger partial charge in [-0.3, -0.25) is 0 Å². The summed E-state index contributed by atoms with van der Waals surface area (Å²) in [6, 6.07) is 10.4. The van der Waals surface area contributed by atoms with Gasteiger partial charge in [0.05, 0.1) is 0 Å². The molecular weight excluding hydrogens is 721 g/mol. The second-order valence-corrected chi connectivity index (χ2v) is 19.7. The number of hydrogen-bond acceptors (Lipinski definition) is 1. The molecule has 0 aliphatic heterocycles. The van der Waals surface area contributed by atoms with Gasteiger partial charge in [0.2, 0.25) is 0 Å². The minimum atomic E-state index is 0.0128. The molecular formula is C54H92NNi. The van der Waals surface area contributed by atoms with Crippen molar-refractivity contribution in [2.75, 3.05) is 0 Å². The molecule has 1 nitrogen and oxygen atoms in total. The molecule has 0 bridgehead atoms. The van der Waals surface area contributed by atoms with E-state index in [-0.39, 0.29) is 13.4 Å². The van der Waals surface area contributed by atoms with Gasteiger partial charge in [0.1, 0.15) is 0 Å². The van der Waals surface area contributed by atoms with Crippen LogP contribution in [0.15, 0.2) is 34.8 Å². The second-order valence-electron chi connectivity index (χ2n) is 16.6. The maximum atomic E-state index is 5.70. The molecule has 0 saturated heterocycles. The van der Waals surface area contributed by atoms with Gasteiger partial charge in [-0.25, -0.2) is 0 Å². The quantitative estimate of drug-likeness (QED) is 0.0387. The monoisotopic (exact) mass is 813 g/mol. The summed E-state index contributed by atoms with van der Waals surface area (Å²) in [6.45, 7) is 23.7. The Labute approximate surface area is 354 Å². The molecule has 2 rings (SSSR count). The van der Waals surface area contributed by atoms with Crippen molar-refractivity contribution < 1.29 is 13.4 Å². The predicted molar refractivity (Wildman–Crippen MR) is 252 cm³/mol. The van der Waals surface area contributed by atoms with E-state index in [1.807, 2.05) is 0 Å². The van der Waals surface area contributed by atoms with Crippen molar-refractivity contribution in [3.63, 3.8) is 0 Å². The first kappa shape index (κ1) is 50.5. The van der Waals surface area contributed by atoms with Crippen molar-refractivity contribution in [3.05, 3.63) is 68.8 Å². The van der Waals surface area contributed by atoms with E-state index < -0.39 is 0 Å². The average Bonchev–Trinajstić information content (AvgIpc) is 3.21. The maximum absolute atomic E-state index is 5.70. The van der Waals surface area contributed by atoms with Crippen LogP contribution in [0.25, 0.3) is 4.54 Å². The summed E-state index contributed by atoms with van der Waals surface area (Å²) in [5.41, 5.74) is 15.4. The number of rotatable bonds is 33. The van der Waals surface area contributed by atoms with Crippen LogP contribution in [0.1, 0.15) is 243 Å². The number of allylic oxidation sites excluding steroid dienone is 1. The molecule has 0 N–H and O–H groups in total. The van der Waals surface area contributed by atoms with Crippen LogP contribution in [0, 0.1) is 0 Å². The first-order valence-electron chi connectivity index (χ1n) is 24.5. The van der Waals surface area contributed by atoms with Crippen LogP contribution >= 0.6 is 0 Å². The van der Waals surface area contributed by atoms with Gasteiger partial charge in [0, 0.05) is 0 Å². The molecule has 0 spiro atoms. The number of aryl methyl sites for hydroxylation is 4. The molecule has 0 radical (unpaired) electrons. The molecule has 2 aromatic carbocycles.